The molecule has 0 aliphatic carbocycles. The minimum absolute atomic E-state index is 0.327. The molecule has 0 radical (unpaired) electrons. The number of nitrogens with one attached hydrogen (secondary N) is 2. The van der Waals surface area contributed by atoms with E-state index < -0.39 is 11.6 Å². The van der Waals surface area contributed by atoms with Crippen LogP contribution in [0.4, 0.5) is 8.78 Å². The van der Waals surface area contributed by atoms with Gasteiger partial charge in [-0.1, -0.05) is 19.9 Å². The molecule has 0 saturated heterocycles. The third kappa shape index (κ3) is 3.86. The summed E-state index contributed by atoms with van der Waals surface area (Å²) in [5.74, 6) is -0.438. The number of aromatic nitrogens is 2. The number of rotatable bonds is 5. The van der Waals surface area contributed by atoms with E-state index in [0.29, 0.717) is 30.4 Å². The molecule has 102 valence electrons. The molecule has 5 heteroatoms. The Labute approximate surface area is 111 Å². The van der Waals surface area contributed by atoms with E-state index in [0.717, 1.165) is 11.8 Å². The van der Waals surface area contributed by atoms with Gasteiger partial charge in [-0.2, -0.15) is 0 Å². The molecule has 0 unspecified atom stereocenters. The van der Waals surface area contributed by atoms with E-state index in [1.54, 1.807) is 6.20 Å². The Balaban J connectivity index is 2.03. The van der Waals surface area contributed by atoms with Gasteiger partial charge in [-0.15, -0.1) is 0 Å². The summed E-state index contributed by atoms with van der Waals surface area (Å²) in [6.07, 6.45) is 2.06. The van der Waals surface area contributed by atoms with Gasteiger partial charge in [0.2, 0.25) is 0 Å². The maximum absolute atomic E-state index is 13.5. The highest BCUT2D eigenvalue weighted by molar-refractivity contribution is 5.22. The highest BCUT2D eigenvalue weighted by Gasteiger charge is 2.07. The molecule has 2 aromatic rings. The van der Waals surface area contributed by atoms with Crippen molar-refractivity contribution in [3.05, 3.63) is 53.1 Å². The Bertz CT molecular complexity index is 549. The largest absolute Gasteiger partial charge is 0.345 e. The Morgan fingerprint density at radius 2 is 2.11 bits per heavy atom. The quantitative estimate of drug-likeness (QED) is 0.872. The van der Waals surface area contributed by atoms with Crippen molar-refractivity contribution < 1.29 is 8.78 Å². The number of aromatic amines is 1. The van der Waals surface area contributed by atoms with Crippen molar-refractivity contribution in [2.24, 2.45) is 0 Å². The van der Waals surface area contributed by atoms with Crippen LogP contribution in [0.3, 0.4) is 0 Å². The Morgan fingerprint density at radius 1 is 1.32 bits per heavy atom. The van der Waals surface area contributed by atoms with Crippen molar-refractivity contribution in [1.82, 2.24) is 15.3 Å². The molecule has 0 spiro atoms. The van der Waals surface area contributed by atoms with Crippen LogP contribution in [-0.2, 0) is 13.0 Å². The SMILES string of the molecule is CC(C)NCc1cnc(Cc2ccc(F)cc2F)[nH]1. The minimum atomic E-state index is -0.567. The van der Waals surface area contributed by atoms with E-state index in [4.69, 9.17) is 0 Å². The number of hydrogen-bond acceptors (Lipinski definition) is 2. The van der Waals surface area contributed by atoms with E-state index in [1.807, 2.05) is 0 Å². The molecular formula is C14H17F2N3. The number of hydrogen-bond donors (Lipinski definition) is 2. The van der Waals surface area contributed by atoms with Crippen LogP contribution < -0.4 is 5.32 Å². The molecule has 3 nitrogen and oxygen atoms in total. The molecule has 1 heterocycles. The predicted molar refractivity (Wildman–Crippen MR) is 69.7 cm³/mol. The first-order chi connectivity index (χ1) is 9.04. The molecule has 0 saturated carbocycles. The third-order valence-electron chi connectivity index (χ3n) is 2.75. The van der Waals surface area contributed by atoms with Gasteiger partial charge in [-0.3, -0.25) is 0 Å². The molecular weight excluding hydrogens is 248 g/mol. The summed E-state index contributed by atoms with van der Waals surface area (Å²) in [6.45, 7) is 4.81. The minimum Gasteiger partial charge on any atom is -0.345 e. The van der Waals surface area contributed by atoms with Gasteiger partial charge in [0, 0.05) is 37.0 Å². The van der Waals surface area contributed by atoms with E-state index in [2.05, 4.69) is 29.1 Å². The summed E-state index contributed by atoms with van der Waals surface area (Å²) in [6, 6.07) is 3.97. The van der Waals surface area contributed by atoms with Gasteiger partial charge >= 0.3 is 0 Å². The number of H-pyrrole nitrogens is 1. The lowest BCUT2D eigenvalue weighted by atomic mass is 10.1. The van der Waals surface area contributed by atoms with Crippen molar-refractivity contribution >= 4 is 0 Å². The molecule has 1 aromatic heterocycles. The molecule has 2 N–H and O–H groups in total. The Kier molecular flexibility index (Phi) is 4.27. The van der Waals surface area contributed by atoms with Crippen molar-refractivity contribution in [2.75, 3.05) is 0 Å². The molecule has 0 bridgehead atoms. The van der Waals surface area contributed by atoms with E-state index in [1.165, 1.54) is 12.1 Å². The fourth-order valence-electron chi connectivity index (χ4n) is 1.74. The van der Waals surface area contributed by atoms with Crippen molar-refractivity contribution in [2.45, 2.75) is 32.9 Å². The standard InChI is InChI=1S/C14H17F2N3/c1-9(2)17-7-12-8-18-14(19-12)5-10-3-4-11(15)6-13(10)16/h3-4,6,8-9,17H,5,7H2,1-2H3,(H,18,19). The monoisotopic (exact) mass is 265 g/mol. The first kappa shape index (κ1) is 13.7. The average molecular weight is 265 g/mol. The second-order valence-electron chi connectivity index (χ2n) is 4.80. The van der Waals surface area contributed by atoms with Crippen LogP contribution in [0.25, 0.3) is 0 Å². The molecule has 0 amide bonds. The fraction of sp³-hybridized carbons (Fsp3) is 0.357. The van der Waals surface area contributed by atoms with Gasteiger partial charge in [0.25, 0.3) is 0 Å². The van der Waals surface area contributed by atoms with E-state index in [9.17, 15) is 8.78 Å². The summed E-state index contributed by atoms with van der Waals surface area (Å²) >= 11 is 0. The number of imidazole rings is 1. The highest BCUT2D eigenvalue weighted by Crippen LogP contribution is 2.13. The highest BCUT2D eigenvalue weighted by atomic mass is 19.1. The van der Waals surface area contributed by atoms with Crippen LogP contribution in [0.2, 0.25) is 0 Å². The van der Waals surface area contributed by atoms with Gasteiger partial charge < -0.3 is 10.3 Å². The Hall–Kier alpha value is -1.75. The zero-order valence-electron chi connectivity index (χ0n) is 11.0. The second kappa shape index (κ2) is 5.93. The van der Waals surface area contributed by atoms with Gasteiger partial charge in [0.15, 0.2) is 0 Å². The molecule has 2 rings (SSSR count). The molecule has 0 aliphatic heterocycles. The Morgan fingerprint density at radius 3 is 2.79 bits per heavy atom. The molecule has 1 aromatic carbocycles. The summed E-state index contributed by atoms with van der Waals surface area (Å²) in [5.41, 5.74) is 1.38. The van der Waals surface area contributed by atoms with Crippen LogP contribution in [0.5, 0.6) is 0 Å². The summed E-state index contributed by atoms with van der Waals surface area (Å²) < 4.78 is 26.3. The lowest BCUT2D eigenvalue weighted by Crippen LogP contribution is -2.21. The molecule has 19 heavy (non-hydrogen) atoms. The smallest absolute Gasteiger partial charge is 0.129 e. The first-order valence-corrected chi connectivity index (χ1v) is 6.24. The maximum Gasteiger partial charge on any atom is 0.129 e. The predicted octanol–water partition coefficient (Wildman–Crippen LogP) is 2.78. The lowest BCUT2D eigenvalue weighted by Gasteiger charge is -2.05. The zero-order valence-corrected chi connectivity index (χ0v) is 11.0. The van der Waals surface area contributed by atoms with Gasteiger partial charge in [0.1, 0.15) is 17.5 Å². The molecule has 0 fully saturated rings. The van der Waals surface area contributed by atoms with Crippen LogP contribution in [0.15, 0.2) is 24.4 Å². The summed E-state index contributed by atoms with van der Waals surface area (Å²) in [7, 11) is 0. The summed E-state index contributed by atoms with van der Waals surface area (Å²) in [5, 5.41) is 3.26. The average Bonchev–Trinajstić information content (AvgIpc) is 2.78. The van der Waals surface area contributed by atoms with Crippen LogP contribution >= 0.6 is 0 Å². The van der Waals surface area contributed by atoms with E-state index >= 15 is 0 Å². The van der Waals surface area contributed by atoms with Crippen molar-refractivity contribution in [3.8, 4) is 0 Å². The topological polar surface area (TPSA) is 40.7 Å². The zero-order chi connectivity index (χ0) is 13.8. The third-order valence-corrected chi connectivity index (χ3v) is 2.75. The normalized spacial score (nSPS) is 11.2. The van der Waals surface area contributed by atoms with Crippen LogP contribution in [0.1, 0.15) is 30.9 Å². The number of halogens is 2. The van der Waals surface area contributed by atoms with E-state index in [-0.39, 0.29) is 0 Å². The second-order valence-corrected chi connectivity index (χ2v) is 4.80. The lowest BCUT2D eigenvalue weighted by molar-refractivity contribution is 0.573. The maximum atomic E-state index is 13.5. The number of benzene rings is 1. The van der Waals surface area contributed by atoms with Crippen LogP contribution in [0, 0.1) is 11.6 Å². The molecule has 0 aliphatic rings. The molecule has 0 atom stereocenters. The van der Waals surface area contributed by atoms with Gasteiger partial charge in [-0.05, 0) is 11.6 Å². The van der Waals surface area contributed by atoms with Crippen molar-refractivity contribution in [3.63, 3.8) is 0 Å². The van der Waals surface area contributed by atoms with Gasteiger partial charge in [-0.25, -0.2) is 13.8 Å². The first-order valence-electron chi connectivity index (χ1n) is 6.24. The van der Waals surface area contributed by atoms with Gasteiger partial charge in [0.05, 0.1) is 0 Å². The summed E-state index contributed by atoms with van der Waals surface area (Å²) in [4.78, 5) is 7.32. The van der Waals surface area contributed by atoms with Crippen LogP contribution in [-0.4, -0.2) is 16.0 Å². The number of nitrogens with zero attached hydrogens (tertiary/aromatic N) is 1. The van der Waals surface area contributed by atoms with Crippen molar-refractivity contribution in [1.29, 1.82) is 0 Å². The fourth-order valence-corrected chi connectivity index (χ4v) is 1.74.